The number of thiazole rings is 1. The molecule has 0 unspecified atom stereocenters. The second-order valence-electron chi connectivity index (χ2n) is 5.11. The minimum atomic E-state index is -4.42. The number of aromatic nitrogens is 1. The van der Waals surface area contributed by atoms with Crippen LogP contribution in [0.4, 0.5) is 18.3 Å². The zero-order chi connectivity index (χ0) is 15.3. The number of carbonyl (C=O) groups excluding carboxylic acids is 1. The minimum absolute atomic E-state index is 0.0676. The Morgan fingerprint density at radius 2 is 2.05 bits per heavy atom. The maximum atomic E-state index is 12.4. The van der Waals surface area contributed by atoms with Gasteiger partial charge in [0.25, 0.3) is 0 Å². The maximum absolute atomic E-state index is 12.4. The lowest BCUT2D eigenvalue weighted by atomic mass is 9.95. The van der Waals surface area contributed by atoms with E-state index >= 15 is 0 Å². The van der Waals surface area contributed by atoms with Crippen LogP contribution < -0.4 is 10.6 Å². The number of rotatable bonds is 5. The summed E-state index contributed by atoms with van der Waals surface area (Å²) in [5.74, 6) is -0.0676. The lowest BCUT2D eigenvalue weighted by molar-refractivity contribution is -0.140. The molecular weight excluding hydrogens is 303 g/mol. The number of nitrogens with zero attached hydrogens (tertiary/aromatic N) is 1. The number of nitrogens with one attached hydrogen (secondary N) is 2. The molecule has 1 aliphatic carbocycles. The quantitative estimate of drug-likeness (QED) is 0.874. The summed E-state index contributed by atoms with van der Waals surface area (Å²) >= 11 is 0.890. The Kier molecular flexibility index (Phi) is 5.44. The molecule has 0 radical (unpaired) electrons. The summed E-state index contributed by atoms with van der Waals surface area (Å²) in [5.41, 5.74) is -0.901. The number of anilines is 1. The third kappa shape index (κ3) is 5.18. The van der Waals surface area contributed by atoms with E-state index in [-0.39, 0.29) is 30.0 Å². The molecule has 1 aromatic heterocycles. The summed E-state index contributed by atoms with van der Waals surface area (Å²) in [4.78, 5) is 15.2. The van der Waals surface area contributed by atoms with Crippen LogP contribution in [0.2, 0.25) is 0 Å². The zero-order valence-corrected chi connectivity index (χ0v) is 12.3. The Morgan fingerprint density at radius 1 is 1.33 bits per heavy atom. The van der Waals surface area contributed by atoms with Gasteiger partial charge in [-0.25, -0.2) is 4.98 Å². The smallest absolute Gasteiger partial charge is 0.361 e. The van der Waals surface area contributed by atoms with Crippen LogP contribution in [-0.2, 0) is 11.0 Å². The second-order valence-corrected chi connectivity index (χ2v) is 5.97. The molecule has 21 heavy (non-hydrogen) atoms. The minimum Gasteiger partial charge on any atom is -0.361 e. The molecule has 0 saturated heterocycles. The van der Waals surface area contributed by atoms with Crippen LogP contribution in [0.25, 0.3) is 0 Å². The van der Waals surface area contributed by atoms with Crippen molar-refractivity contribution in [2.45, 2.75) is 50.7 Å². The highest BCUT2D eigenvalue weighted by Crippen LogP contribution is 2.31. The molecule has 8 heteroatoms. The predicted octanol–water partition coefficient (Wildman–Crippen LogP) is 3.41. The predicted molar refractivity (Wildman–Crippen MR) is 75.2 cm³/mol. The van der Waals surface area contributed by atoms with Crippen molar-refractivity contribution < 1.29 is 18.0 Å². The van der Waals surface area contributed by atoms with Gasteiger partial charge >= 0.3 is 6.18 Å². The van der Waals surface area contributed by atoms with Gasteiger partial charge in [0.1, 0.15) is 0 Å². The Balaban J connectivity index is 1.69. The van der Waals surface area contributed by atoms with Crippen LogP contribution in [0.5, 0.6) is 0 Å². The van der Waals surface area contributed by atoms with E-state index < -0.39 is 11.9 Å². The van der Waals surface area contributed by atoms with Gasteiger partial charge < -0.3 is 10.6 Å². The lowest BCUT2D eigenvalue weighted by Crippen LogP contribution is -2.36. The number of alkyl halides is 3. The zero-order valence-electron chi connectivity index (χ0n) is 11.5. The van der Waals surface area contributed by atoms with Crippen LogP contribution in [0, 0.1) is 0 Å². The van der Waals surface area contributed by atoms with Crippen LogP contribution in [0.15, 0.2) is 5.38 Å². The molecule has 1 heterocycles. The molecule has 2 rings (SSSR count). The maximum Gasteiger partial charge on any atom is 0.434 e. The van der Waals surface area contributed by atoms with Gasteiger partial charge in [-0.15, -0.1) is 11.3 Å². The molecule has 1 aromatic rings. The number of halogens is 3. The third-order valence-electron chi connectivity index (χ3n) is 3.39. The van der Waals surface area contributed by atoms with Crippen molar-refractivity contribution in [1.82, 2.24) is 10.3 Å². The van der Waals surface area contributed by atoms with Gasteiger partial charge in [0.2, 0.25) is 5.91 Å². The Bertz CT molecular complexity index is 469. The Hall–Kier alpha value is -1.31. The molecular formula is C13H18F3N3OS. The highest BCUT2D eigenvalue weighted by Gasteiger charge is 2.33. The van der Waals surface area contributed by atoms with Crippen molar-refractivity contribution in [2.75, 3.05) is 11.9 Å². The van der Waals surface area contributed by atoms with Gasteiger partial charge in [-0.3, -0.25) is 4.79 Å². The van der Waals surface area contributed by atoms with Crippen molar-refractivity contribution in [3.05, 3.63) is 11.1 Å². The van der Waals surface area contributed by atoms with Gasteiger partial charge in [0.05, 0.1) is 0 Å². The summed E-state index contributed by atoms with van der Waals surface area (Å²) in [6.07, 6.45) is 1.35. The molecule has 0 bridgehead atoms. The van der Waals surface area contributed by atoms with Crippen molar-refractivity contribution in [3.63, 3.8) is 0 Å². The Morgan fingerprint density at radius 3 is 2.67 bits per heavy atom. The summed E-state index contributed by atoms with van der Waals surface area (Å²) in [7, 11) is 0. The molecule has 0 aromatic carbocycles. The van der Waals surface area contributed by atoms with Crippen molar-refractivity contribution >= 4 is 22.4 Å². The van der Waals surface area contributed by atoms with Crippen LogP contribution >= 0.6 is 11.3 Å². The Labute approximate surface area is 125 Å². The van der Waals surface area contributed by atoms with Gasteiger partial charge in [0, 0.05) is 24.4 Å². The first-order valence-electron chi connectivity index (χ1n) is 7.01. The summed E-state index contributed by atoms with van der Waals surface area (Å²) in [6.45, 7) is 0.281. The molecule has 2 N–H and O–H groups in total. The highest BCUT2D eigenvalue weighted by molar-refractivity contribution is 7.13. The van der Waals surface area contributed by atoms with E-state index in [1.807, 2.05) is 0 Å². The molecule has 0 spiro atoms. The molecule has 0 atom stereocenters. The van der Waals surface area contributed by atoms with Crippen LogP contribution in [-0.4, -0.2) is 23.5 Å². The second kappa shape index (κ2) is 7.11. The monoisotopic (exact) mass is 321 g/mol. The number of hydrogen-bond donors (Lipinski definition) is 2. The number of hydrogen-bond acceptors (Lipinski definition) is 4. The number of carbonyl (C=O) groups is 1. The molecule has 118 valence electrons. The molecule has 1 fully saturated rings. The normalized spacial score (nSPS) is 16.7. The standard InChI is InChI=1S/C13H18F3N3OS/c14-13(15,16)10-8-21-12(19-10)17-7-6-11(20)18-9-4-2-1-3-5-9/h8-9H,1-7H2,(H,17,19)(H,18,20). The van der Waals surface area contributed by atoms with Gasteiger partial charge in [-0.1, -0.05) is 19.3 Å². The molecule has 1 saturated carbocycles. The van der Waals surface area contributed by atoms with E-state index in [0.29, 0.717) is 0 Å². The SMILES string of the molecule is O=C(CCNc1nc(C(F)(F)F)cs1)NC1CCCCC1. The average Bonchev–Trinajstić information content (AvgIpc) is 2.88. The summed E-state index contributed by atoms with van der Waals surface area (Å²) in [6, 6.07) is 0.253. The van der Waals surface area contributed by atoms with Gasteiger partial charge in [-0.2, -0.15) is 13.2 Å². The van der Waals surface area contributed by atoms with Crippen LogP contribution in [0.1, 0.15) is 44.2 Å². The van der Waals surface area contributed by atoms with E-state index in [9.17, 15) is 18.0 Å². The van der Waals surface area contributed by atoms with E-state index in [2.05, 4.69) is 15.6 Å². The fourth-order valence-corrected chi connectivity index (χ4v) is 3.06. The largest absolute Gasteiger partial charge is 0.434 e. The first-order chi connectivity index (χ1) is 9.95. The topological polar surface area (TPSA) is 54.0 Å². The van der Waals surface area contributed by atoms with Crippen LogP contribution in [0.3, 0.4) is 0 Å². The van der Waals surface area contributed by atoms with Gasteiger partial charge in [0.15, 0.2) is 10.8 Å². The molecule has 0 aliphatic heterocycles. The van der Waals surface area contributed by atoms with Crippen molar-refractivity contribution in [2.24, 2.45) is 0 Å². The fraction of sp³-hybridized carbons (Fsp3) is 0.692. The first-order valence-corrected chi connectivity index (χ1v) is 7.89. The highest BCUT2D eigenvalue weighted by atomic mass is 32.1. The number of amides is 1. The third-order valence-corrected chi connectivity index (χ3v) is 4.19. The summed E-state index contributed by atoms with van der Waals surface area (Å²) < 4.78 is 37.1. The molecule has 4 nitrogen and oxygen atoms in total. The molecule has 1 aliphatic rings. The van der Waals surface area contributed by atoms with E-state index in [1.165, 1.54) is 6.42 Å². The lowest BCUT2D eigenvalue weighted by Gasteiger charge is -2.22. The van der Waals surface area contributed by atoms with Crippen molar-refractivity contribution in [3.8, 4) is 0 Å². The first kappa shape index (κ1) is 16.1. The average molecular weight is 321 g/mol. The van der Waals surface area contributed by atoms with Crippen molar-refractivity contribution in [1.29, 1.82) is 0 Å². The molecule has 1 amide bonds. The van der Waals surface area contributed by atoms with E-state index in [0.717, 1.165) is 42.4 Å². The fourth-order valence-electron chi connectivity index (χ4n) is 2.31. The van der Waals surface area contributed by atoms with E-state index in [1.54, 1.807) is 0 Å². The summed E-state index contributed by atoms with van der Waals surface area (Å²) in [5, 5.41) is 6.86. The van der Waals surface area contributed by atoms with E-state index in [4.69, 9.17) is 0 Å². The van der Waals surface area contributed by atoms with Gasteiger partial charge in [-0.05, 0) is 12.8 Å².